The Morgan fingerprint density at radius 3 is 2.71 bits per heavy atom. The van der Waals surface area contributed by atoms with Gasteiger partial charge in [-0.2, -0.15) is 5.10 Å². The summed E-state index contributed by atoms with van der Waals surface area (Å²) >= 11 is 0. The number of carbonyl (C=O) groups is 2. The highest BCUT2D eigenvalue weighted by molar-refractivity contribution is 5.74. The monoisotopic (exact) mass is 296 g/mol. The fourth-order valence-electron chi connectivity index (χ4n) is 2.23. The summed E-state index contributed by atoms with van der Waals surface area (Å²) in [6, 6.07) is -0.213. The van der Waals surface area contributed by atoms with E-state index in [-0.39, 0.29) is 18.4 Å². The third kappa shape index (κ3) is 6.78. The van der Waals surface area contributed by atoms with Crippen molar-refractivity contribution in [2.75, 3.05) is 13.6 Å². The Hall–Kier alpha value is -2.05. The normalized spacial score (nSPS) is 12.2. The zero-order chi connectivity index (χ0) is 15.8. The molecule has 0 unspecified atom stereocenters. The van der Waals surface area contributed by atoms with Crippen LogP contribution in [0.5, 0.6) is 0 Å². The number of hydrogen-bond acceptors (Lipinski definition) is 3. The summed E-state index contributed by atoms with van der Waals surface area (Å²) in [6.45, 7) is 4.92. The first-order valence-electron chi connectivity index (χ1n) is 7.07. The number of aromatic nitrogens is 2. The van der Waals surface area contributed by atoms with E-state index < -0.39 is 5.97 Å². The van der Waals surface area contributed by atoms with Crippen LogP contribution in [0, 0.1) is 11.8 Å². The van der Waals surface area contributed by atoms with E-state index in [9.17, 15) is 9.59 Å². The van der Waals surface area contributed by atoms with Gasteiger partial charge in [0.2, 0.25) is 0 Å². The smallest absolute Gasteiger partial charge is 0.317 e. The molecule has 118 valence electrons. The molecule has 2 amide bonds. The standard InChI is InChI=1S/C14H24N4O3/c1-10(2)4-11(5-13(19)20)6-15-14(21)18(3)9-12-7-16-17-8-12/h7-8,10-11H,4-6,9H2,1-3H3,(H,15,21)(H,16,17)(H,19,20)/t11-/m0/s1. The first kappa shape index (κ1) is 17.0. The van der Waals surface area contributed by atoms with Crippen molar-refractivity contribution in [2.24, 2.45) is 11.8 Å². The van der Waals surface area contributed by atoms with Crippen LogP contribution in [0.4, 0.5) is 4.79 Å². The number of nitrogens with zero attached hydrogens (tertiary/aromatic N) is 2. The second kappa shape index (κ2) is 8.28. The maximum Gasteiger partial charge on any atom is 0.317 e. The molecule has 0 radical (unpaired) electrons. The predicted octanol–water partition coefficient (Wildman–Crippen LogP) is 1.69. The first-order valence-corrected chi connectivity index (χ1v) is 7.07. The molecule has 21 heavy (non-hydrogen) atoms. The van der Waals surface area contributed by atoms with Crippen LogP contribution in [0.2, 0.25) is 0 Å². The molecule has 1 rings (SSSR count). The number of carbonyl (C=O) groups excluding carboxylic acids is 1. The van der Waals surface area contributed by atoms with Gasteiger partial charge in [-0.25, -0.2) is 4.79 Å². The molecule has 1 heterocycles. The van der Waals surface area contributed by atoms with E-state index in [0.717, 1.165) is 12.0 Å². The lowest BCUT2D eigenvalue weighted by Crippen LogP contribution is -2.39. The van der Waals surface area contributed by atoms with E-state index in [1.54, 1.807) is 19.4 Å². The van der Waals surface area contributed by atoms with Crippen LogP contribution in [-0.4, -0.2) is 45.8 Å². The fraction of sp³-hybridized carbons (Fsp3) is 0.643. The summed E-state index contributed by atoms with van der Waals surface area (Å²) < 4.78 is 0. The maximum atomic E-state index is 12.0. The Morgan fingerprint density at radius 1 is 1.48 bits per heavy atom. The van der Waals surface area contributed by atoms with E-state index in [1.165, 1.54) is 4.90 Å². The Labute approximate surface area is 124 Å². The molecule has 0 aliphatic heterocycles. The number of rotatable bonds is 8. The molecule has 0 spiro atoms. The molecule has 0 bridgehead atoms. The van der Waals surface area contributed by atoms with Crippen LogP contribution in [0.3, 0.4) is 0 Å². The number of carboxylic acids is 1. The first-order chi connectivity index (χ1) is 9.88. The Kier molecular flexibility index (Phi) is 6.71. The highest BCUT2D eigenvalue weighted by Crippen LogP contribution is 2.14. The fourth-order valence-corrected chi connectivity index (χ4v) is 2.23. The molecule has 1 aromatic heterocycles. The van der Waals surface area contributed by atoms with Gasteiger partial charge in [0, 0.05) is 31.8 Å². The van der Waals surface area contributed by atoms with Gasteiger partial charge in [0.25, 0.3) is 0 Å². The minimum absolute atomic E-state index is 0.0474. The summed E-state index contributed by atoms with van der Waals surface area (Å²) in [5.74, 6) is -0.481. The van der Waals surface area contributed by atoms with Gasteiger partial charge >= 0.3 is 12.0 Å². The SMILES string of the molecule is CC(C)C[C@H](CNC(=O)N(C)Cc1cn[nH]c1)CC(=O)O. The average molecular weight is 296 g/mol. The number of aromatic amines is 1. The van der Waals surface area contributed by atoms with Gasteiger partial charge < -0.3 is 15.3 Å². The van der Waals surface area contributed by atoms with Crippen molar-refractivity contribution in [3.63, 3.8) is 0 Å². The van der Waals surface area contributed by atoms with Gasteiger partial charge in [-0.15, -0.1) is 0 Å². The van der Waals surface area contributed by atoms with E-state index in [2.05, 4.69) is 15.5 Å². The van der Waals surface area contributed by atoms with Crippen LogP contribution in [0.25, 0.3) is 0 Å². The quantitative estimate of drug-likeness (QED) is 0.680. The van der Waals surface area contributed by atoms with E-state index in [4.69, 9.17) is 5.11 Å². The topological polar surface area (TPSA) is 98.3 Å². The maximum absolute atomic E-state index is 12.0. The molecule has 1 aromatic rings. The summed E-state index contributed by atoms with van der Waals surface area (Å²) in [4.78, 5) is 24.4. The minimum atomic E-state index is -0.832. The van der Waals surface area contributed by atoms with Gasteiger partial charge in [-0.1, -0.05) is 13.8 Å². The second-order valence-electron chi connectivity index (χ2n) is 5.74. The number of H-pyrrole nitrogens is 1. The number of nitrogens with one attached hydrogen (secondary N) is 2. The molecule has 0 fully saturated rings. The van der Waals surface area contributed by atoms with Crippen molar-refractivity contribution >= 4 is 12.0 Å². The molecule has 1 atom stereocenters. The second-order valence-corrected chi connectivity index (χ2v) is 5.74. The molecular weight excluding hydrogens is 272 g/mol. The molecular formula is C14H24N4O3. The zero-order valence-corrected chi connectivity index (χ0v) is 12.8. The van der Waals surface area contributed by atoms with Gasteiger partial charge in [0.15, 0.2) is 0 Å². The molecule has 0 aliphatic carbocycles. The largest absolute Gasteiger partial charge is 0.481 e. The van der Waals surface area contributed by atoms with Crippen LogP contribution < -0.4 is 5.32 Å². The molecule has 3 N–H and O–H groups in total. The molecule has 0 aliphatic rings. The number of amides is 2. The third-order valence-corrected chi connectivity index (χ3v) is 3.13. The lowest BCUT2D eigenvalue weighted by Gasteiger charge is -2.21. The Balaban J connectivity index is 2.42. The molecule has 7 heteroatoms. The summed E-state index contributed by atoms with van der Waals surface area (Å²) in [5.41, 5.74) is 0.914. The van der Waals surface area contributed by atoms with E-state index >= 15 is 0 Å². The predicted molar refractivity (Wildman–Crippen MR) is 78.7 cm³/mol. The van der Waals surface area contributed by atoms with Gasteiger partial charge in [-0.05, 0) is 18.3 Å². The van der Waals surface area contributed by atoms with Crippen LogP contribution in [0.1, 0.15) is 32.3 Å². The summed E-state index contributed by atoms with van der Waals surface area (Å²) in [7, 11) is 1.69. The van der Waals surface area contributed by atoms with Crippen molar-refractivity contribution in [2.45, 2.75) is 33.2 Å². The summed E-state index contributed by atoms with van der Waals surface area (Å²) in [6.07, 6.45) is 4.24. The molecule has 0 saturated carbocycles. The van der Waals surface area contributed by atoms with Crippen molar-refractivity contribution in [3.05, 3.63) is 18.0 Å². The highest BCUT2D eigenvalue weighted by atomic mass is 16.4. The third-order valence-electron chi connectivity index (χ3n) is 3.13. The summed E-state index contributed by atoms with van der Waals surface area (Å²) in [5, 5.41) is 18.2. The Bertz CT molecular complexity index is 445. The van der Waals surface area contributed by atoms with Gasteiger partial charge in [-0.3, -0.25) is 9.89 Å². The van der Waals surface area contributed by atoms with Gasteiger partial charge in [0.05, 0.1) is 12.7 Å². The lowest BCUT2D eigenvalue weighted by molar-refractivity contribution is -0.138. The van der Waals surface area contributed by atoms with Crippen LogP contribution in [0.15, 0.2) is 12.4 Å². The Morgan fingerprint density at radius 2 is 2.19 bits per heavy atom. The van der Waals surface area contributed by atoms with E-state index in [0.29, 0.717) is 19.0 Å². The van der Waals surface area contributed by atoms with Crippen LogP contribution >= 0.6 is 0 Å². The van der Waals surface area contributed by atoms with Crippen molar-refractivity contribution in [1.29, 1.82) is 0 Å². The lowest BCUT2D eigenvalue weighted by atomic mass is 9.94. The molecule has 0 saturated heterocycles. The molecule has 7 nitrogen and oxygen atoms in total. The minimum Gasteiger partial charge on any atom is -0.481 e. The van der Waals surface area contributed by atoms with Crippen molar-refractivity contribution < 1.29 is 14.7 Å². The van der Waals surface area contributed by atoms with E-state index in [1.807, 2.05) is 13.8 Å². The van der Waals surface area contributed by atoms with Crippen molar-refractivity contribution in [3.8, 4) is 0 Å². The highest BCUT2D eigenvalue weighted by Gasteiger charge is 2.17. The number of carboxylic acid groups (broad SMARTS) is 1. The zero-order valence-electron chi connectivity index (χ0n) is 12.8. The number of urea groups is 1. The van der Waals surface area contributed by atoms with Crippen LogP contribution in [-0.2, 0) is 11.3 Å². The number of hydrogen-bond donors (Lipinski definition) is 3. The molecule has 0 aromatic carbocycles. The number of aliphatic carboxylic acids is 1. The van der Waals surface area contributed by atoms with Gasteiger partial charge in [0.1, 0.15) is 0 Å². The van der Waals surface area contributed by atoms with Crippen molar-refractivity contribution in [1.82, 2.24) is 20.4 Å². The average Bonchev–Trinajstić information content (AvgIpc) is 2.86.